The molecule has 0 fully saturated rings. The number of nitrogens with zero attached hydrogens (tertiary/aromatic N) is 1. The summed E-state index contributed by atoms with van der Waals surface area (Å²) in [4.78, 5) is 22.8. The van der Waals surface area contributed by atoms with E-state index < -0.39 is 17.6 Å². The van der Waals surface area contributed by atoms with Crippen molar-refractivity contribution >= 4 is 17.6 Å². The van der Waals surface area contributed by atoms with Crippen molar-refractivity contribution in [2.45, 2.75) is 6.42 Å². The summed E-state index contributed by atoms with van der Waals surface area (Å²) >= 11 is 0. The number of aromatic hydroxyl groups is 1. The van der Waals surface area contributed by atoms with E-state index in [9.17, 15) is 14.7 Å². The molecule has 0 aliphatic carbocycles. The number of hydrogen-bond acceptors (Lipinski definition) is 6. The Balaban J connectivity index is 3.20. The molecule has 0 atom stereocenters. The quantitative estimate of drug-likeness (QED) is 0.621. The van der Waals surface area contributed by atoms with Crippen molar-refractivity contribution in [3.8, 4) is 17.6 Å². The lowest BCUT2D eigenvalue weighted by Crippen LogP contribution is -2.12. The molecule has 2 N–H and O–H groups in total. The Hall–Kier alpha value is -2.75. The highest BCUT2D eigenvalue weighted by Crippen LogP contribution is 2.33. The van der Waals surface area contributed by atoms with Crippen molar-refractivity contribution in [1.29, 1.82) is 5.26 Å². The summed E-state index contributed by atoms with van der Waals surface area (Å²) in [5, 5.41) is 20.6. The van der Waals surface area contributed by atoms with Crippen molar-refractivity contribution in [2.24, 2.45) is 0 Å². The van der Waals surface area contributed by atoms with Gasteiger partial charge in [0.2, 0.25) is 5.91 Å². The summed E-state index contributed by atoms with van der Waals surface area (Å²) in [5.41, 5.74) is -0.172. The average molecular weight is 264 g/mol. The van der Waals surface area contributed by atoms with Crippen LogP contribution in [0.4, 0.5) is 5.69 Å². The zero-order chi connectivity index (χ0) is 14.4. The summed E-state index contributed by atoms with van der Waals surface area (Å²) < 4.78 is 9.46. The summed E-state index contributed by atoms with van der Waals surface area (Å²) in [6.07, 6.45) is -0.371. The van der Waals surface area contributed by atoms with Crippen LogP contribution in [-0.2, 0) is 9.53 Å². The Morgan fingerprint density at radius 1 is 1.42 bits per heavy atom. The van der Waals surface area contributed by atoms with Crippen LogP contribution in [0.25, 0.3) is 0 Å². The van der Waals surface area contributed by atoms with Gasteiger partial charge in [-0.1, -0.05) is 0 Å². The molecule has 0 spiro atoms. The van der Waals surface area contributed by atoms with Crippen LogP contribution in [-0.4, -0.2) is 31.2 Å². The first-order valence-electron chi connectivity index (χ1n) is 5.19. The van der Waals surface area contributed by atoms with E-state index in [0.29, 0.717) is 0 Å². The summed E-state index contributed by atoms with van der Waals surface area (Å²) in [5.74, 6) is -1.57. The number of rotatable bonds is 4. The highest BCUT2D eigenvalue weighted by atomic mass is 16.5. The number of phenolic OH excluding ortho intramolecular Hbond substituents is 1. The predicted molar refractivity (Wildman–Crippen MR) is 64.9 cm³/mol. The largest absolute Gasteiger partial charge is 0.505 e. The number of methoxy groups -OCH3 is 2. The predicted octanol–water partition coefficient (Wildman–Crippen LogP) is 1.04. The van der Waals surface area contributed by atoms with E-state index in [-0.39, 0.29) is 23.4 Å². The minimum atomic E-state index is -0.771. The maximum Gasteiger partial charge on any atom is 0.341 e. The molecule has 0 bridgehead atoms. The molecule has 0 saturated carbocycles. The van der Waals surface area contributed by atoms with Crippen molar-refractivity contribution in [3.05, 3.63) is 17.7 Å². The number of carbonyl (C=O) groups is 2. The first-order chi connectivity index (χ1) is 9.03. The molecule has 19 heavy (non-hydrogen) atoms. The third-order valence-electron chi connectivity index (χ3n) is 2.24. The van der Waals surface area contributed by atoms with E-state index in [1.165, 1.54) is 19.2 Å². The lowest BCUT2D eigenvalue weighted by atomic mass is 10.1. The Kier molecular flexibility index (Phi) is 4.71. The fraction of sp³-hybridized carbons (Fsp3) is 0.250. The molecule has 100 valence electrons. The smallest absolute Gasteiger partial charge is 0.341 e. The standard InChI is InChI=1S/C12H12N2O5/c1-18-7-5-8(12(17)19-2)11(16)9(6-7)14-10(15)3-4-13/h5-6,16H,3H2,1-2H3,(H,14,15). The third-order valence-corrected chi connectivity index (χ3v) is 2.24. The lowest BCUT2D eigenvalue weighted by molar-refractivity contribution is -0.115. The maximum absolute atomic E-state index is 11.5. The minimum Gasteiger partial charge on any atom is -0.505 e. The average Bonchev–Trinajstić information content (AvgIpc) is 2.40. The van der Waals surface area contributed by atoms with Gasteiger partial charge in [0.1, 0.15) is 17.7 Å². The van der Waals surface area contributed by atoms with Gasteiger partial charge in [-0.2, -0.15) is 5.26 Å². The van der Waals surface area contributed by atoms with Gasteiger partial charge in [0.05, 0.1) is 26.0 Å². The number of hydrogen-bond donors (Lipinski definition) is 2. The van der Waals surface area contributed by atoms with E-state index in [2.05, 4.69) is 10.1 Å². The van der Waals surface area contributed by atoms with Crippen LogP contribution in [0.5, 0.6) is 11.5 Å². The molecule has 7 heteroatoms. The molecular formula is C12H12N2O5. The second-order valence-electron chi connectivity index (χ2n) is 3.45. The normalized spacial score (nSPS) is 9.32. The van der Waals surface area contributed by atoms with Crippen LogP contribution < -0.4 is 10.1 Å². The van der Waals surface area contributed by atoms with Gasteiger partial charge in [-0.25, -0.2) is 4.79 Å². The highest BCUT2D eigenvalue weighted by molar-refractivity contribution is 5.99. The Bertz CT molecular complexity index is 548. The van der Waals surface area contributed by atoms with E-state index >= 15 is 0 Å². The van der Waals surface area contributed by atoms with Gasteiger partial charge in [-0.3, -0.25) is 4.79 Å². The van der Waals surface area contributed by atoms with Gasteiger partial charge < -0.3 is 19.9 Å². The topological polar surface area (TPSA) is 109 Å². The molecule has 7 nitrogen and oxygen atoms in total. The number of carbonyl (C=O) groups excluding carboxylic acids is 2. The number of esters is 1. The highest BCUT2D eigenvalue weighted by Gasteiger charge is 2.18. The number of nitriles is 1. The van der Waals surface area contributed by atoms with Gasteiger partial charge in [-0.05, 0) is 6.07 Å². The number of amides is 1. The van der Waals surface area contributed by atoms with Crippen molar-refractivity contribution in [1.82, 2.24) is 0 Å². The molecule has 0 unspecified atom stereocenters. The Morgan fingerprint density at radius 3 is 2.63 bits per heavy atom. The van der Waals surface area contributed by atoms with Crippen molar-refractivity contribution in [3.63, 3.8) is 0 Å². The SMILES string of the molecule is COC(=O)c1cc(OC)cc(NC(=O)CC#N)c1O. The molecule has 0 aromatic heterocycles. The van der Waals surface area contributed by atoms with Crippen LogP contribution in [0.2, 0.25) is 0 Å². The van der Waals surface area contributed by atoms with E-state index in [0.717, 1.165) is 7.11 Å². The van der Waals surface area contributed by atoms with Crippen molar-refractivity contribution in [2.75, 3.05) is 19.5 Å². The molecule has 0 radical (unpaired) electrons. The number of anilines is 1. The third kappa shape index (κ3) is 3.35. The zero-order valence-corrected chi connectivity index (χ0v) is 10.4. The summed E-state index contributed by atoms with van der Waals surface area (Å²) in [6.45, 7) is 0. The second kappa shape index (κ2) is 6.26. The van der Waals surface area contributed by atoms with Crippen LogP contribution in [0.1, 0.15) is 16.8 Å². The monoisotopic (exact) mass is 264 g/mol. The van der Waals surface area contributed by atoms with E-state index in [1.807, 2.05) is 0 Å². The molecule has 1 amide bonds. The van der Waals surface area contributed by atoms with Gasteiger partial charge in [-0.15, -0.1) is 0 Å². The Labute approximate surface area is 109 Å². The molecule has 0 heterocycles. The van der Waals surface area contributed by atoms with E-state index in [1.54, 1.807) is 6.07 Å². The van der Waals surface area contributed by atoms with Crippen LogP contribution in [0, 0.1) is 11.3 Å². The Morgan fingerprint density at radius 2 is 2.11 bits per heavy atom. The lowest BCUT2D eigenvalue weighted by Gasteiger charge is -2.11. The minimum absolute atomic E-state index is 0.0278. The molecule has 1 aromatic carbocycles. The van der Waals surface area contributed by atoms with E-state index in [4.69, 9.17) is 10.00 Å². The molecule has 1 rings (SSSR count). The first-order valence-corrected chi connectivity index (χ1v) is 5.19. The molecular weight excluding hydrogens is 252 g/mol. The summed E-state index contributed by atoms with van der Waals surface area (Å²) in [6, 6.07) is 4.28. The van der Waals surface area contributed by atoms with Crippen LogP contribution in [0.15, 0.2) is 12.1 Å². The summed E-state index contributed by atoms with van der Waals surface area (Å²) in [7, 11) is 2.53. The van der Waals surface area contributed by atoms with Crippen LogP contribution in [0.3, 0.4) is 0 Å². The van der Waals surface area contributed by atoms with Crippen molar-refractivity contribution < 1.29 is 24.2 Å². The number of ether oxygens (including phenoxy) is 2. The molecule has 0 aliphatic heterocycles. The first kappa shape index (κ1) is 14.3. The van der Waals surface area contributed by atoms with Gasteiger partial charge in [0, 0.05) is 6.07 Å². The van der Waals surface area contributed by atoms with Gasteiger partial charge >= 0.3 is 5.97 Å². The number of benzene rings is 1. The molecule has 0 aliphatic rings. The second-order valence-corrected chi connectivity index (χ2v) is 3.45. The zero-order valence-electron chi connectivity index (χ0n) is 10.4. The fourth-order valence-electron chi connectivity index (χ4n) is 1.35. The van der Waals surface area contributed by atoms with Gasteiger partial charge in [0.25, 0.3) is 0 Å². The van der Waals surface area contributed by atoms with Gasteiger partial charge in [0.15, 0.2) is 5.75 Å². The number of phenols is 1. The van der Waals surface area contributed by atoms with Crippen LogP contribution >= 0.6 is 0 Å². The fourth-order valence-corrected chi connectivity index (χ4v) is 1.35. The number of nitrogens with one attached hydrogen (secondary N) is 1. The maximum atomic E-state index is 11.5. The molecule has 0 saturated heterocycles. The molecule has 1 aromatic rings.